The van der Waals surface area contributed by atoms with Gasteiger partial charge in [-0.2, -0.15) is 0 Å². The number of benzene rings is 1. The van der Waals surface area contributed by atoms with Gasteiger partial charge in [0.15, 0.2) is 0 Å². The minimum atomic E-state index is -0.117. The van der Waals surface area contributed by atoms with Crippen LogP contribution in [0.1, 0.15) is 56.8 Å². The molecule has 0 aliphatic rings. The molecule has 0 aliphatic heterocycles. The van der Waals surface area contributed by atoms with Crippen LogP contribution < -0.4 is 10.6 Å². The third-order valence-corrected chi connectivity index (χ3v) is 3.56. The van der Waals surface area contributed by atoms with Crippen molar-refractivity contribution in [3.05, 3.63) is 29.8 Å². The number of anilines is 1. The van der Waals surface area contributed by atoms with Gasteiger partial charge in [0, 0.05) is 24.7 Å². The molecule has 2 amide bonds. The molecule has 21 heavy (non-hydrogen) atoms. The fourth-order valence-electron chi connectivity index (χ4n) is 2.19. The van der Waals surface area contributed by atoms with Crippen molar-refractivity contribution in [1.82, 2.24) is 5.32 Å². The van der Waals surface area contributed by atoms with Crippen molar-refractivity contribution in [2.75, 3.05) is 11.9 Å². The highest BCUT2D eigenvalue weighted by Crippen LogP contribution is 2.12. The topological polar surface area (TPSA) is 58.2 Å². The monoisotopic (exact) mass is 290 g/mol. The zero-order chi connectivity index (χ0) is 15.7. The SMILES string of the molecule is CCCC[C@H](CC)CNC(=O)c1ccc(NC(C)=O)cc1. The van der Waals surface area contributed by atoms with E-state index < -0.39 is 0 Å². The van der Waals surface area contributed by atoms with Crippen LogP contribution in [0.15, 0.2) is 24.3 Å². The van der Waals surface area contributed by atoms with Gasteiger partial charge in [0.1, 0.15) is 0 Å². The molecule has 1 atom stereocenters. The highest BCUT2D eigenvalue weighted by molar-refractivity contribution is 5.95. The molecular formula is C17H26N2O2. The lowest BCUT2D eigenvalue weighted by Gasteiger charge is -2.15. The Hall–Kier alpha value is -1.84. The molecule has 0 aromatic heterocycles. The predicted octanol–water partition coefficient (Wildman–Crippen LogP) is 3.59. The van der Waals surface area contributed by atoms with Crippen molar-refractivity contribution in [3.63, 3.8) is 0 Å². The summed E-state index contributed by atoms with van der Waals surface area (Å²) in [5, 5.41) is 5.68. The van der Waals surface area contributed by atoms with Gasteiger partial charge >= 0.3 is 0 Å². The van der Waals surface area contributed by atoms with E-state index in [-0.39, 0.29) is 11.8 Å². The molecule has 1 aromatic rings. The molecule has 0 saturated heterocycles. The highest BCUT2D eigenvalue weighted by Gasteiger charge is 2.10. The number of amides is 2. The maximum atomic E-state index is 12.1. The molecule has 0 bridgehead atoms. The first-order chi connectivity index (χ1) is 10.1. The fraction of sp³-hybridized carbons (Fsp3) is 0.529. The molecule has 0 aliphatic carbocycles. The van der Waals surface area contributed by atoms with E-state index in [1.54, 1.807) is 24.3 Å². The maximum Gasteiger partial charge on any atom is 0.251 e. The van der Waals surface area contributed by atoms with E-state index in [2.05, 4.69) is 24.5 Å². The summed E-state index contributed by atoms with van der Waals surface area (Å²) >= 11 is 0. The third kappa shape index (κ3) is 6.43. The minimum absolute atomic E-state index is 0.0562. The number of rotatable bonds is 8. The zero-order valence-corrected chi connectivity index (χ0v) is 13.2. The molecule has 1 aromatic carbocycles. The Morgan fingerprint density at radius 1 is 1.14 bits per heavy atom. The van der Waals surface area contributed by atoms with Crippen LogP contribution in [-0.2, 0) is 4.79 Å². The first-order valence-corrected chi connectivity index (χ1v) is 7.72. The second-order valence-electron chi connectivity index (χ2n) is 5.39. The quantitative estimate of drug-likeness (QED) is 0.768. The second kappa shape index (κ2) is 9.16. The second-order valence-corrected chi connectivity index (χ2v) is 5.39. The largest absolute Gasteiger partial charge is 0.352 e. The van der Waals surface area contributed by atoms with Gasteiger partial charge in [-0.3, -0.25) is 9.59 Å². The van der Waals surface area contributed by atoms with E-state index in [0.29, 0.717) is 17.2 Å². The molecule has 4 heteroatoms. The van der Waals surface area contributed by atoms with Crippen LogP contribution in [0.4, 0.5) is 5.69 Å². The average Bonchev–Trinajstić information content (AvgIpc) is 2.47. The van der Waals surface area contributed by atoms with E-state index in [1.807, 2.05) is 0 Å². The summed E-state index contributed by atoms with van der Waals surface area (Å²) in [6.45, 7) is 6.53. The number of carbonyl (C=O) groups is 2. The Morgan fingerprint density at radius 3 is 2.33 bits per heavy atom. The lowest BCUT2D eigenvalue weighted by atomic mass is 9.99. The number of unbranched alkanes of at least 4 members (excludes halogenated alkanes) is 1. The molecule has 0 radical (unpaired) electrons. The average molecular weight is 290 g/mol. The molecule has 0 unspecified atom stereocenters. The zero-order valence-electron chi connectivity index (χ0n) is 13.2. The van der Waals surface area contributed by atoms with Gasteiger partial charge in [0.25, 0.3) is 5.91 Å². The normalized spacial score (nSPS) is 11.8. The van der Waals surface area contributed by atoms with E-state index in [0.717, 1.165) is 19.4 Å². The minimum Gasteiger partial charge on any atom is -0.352 e. The van der Waals surface area contributed by atoms with Gasteiger partial charge in [-0.1, -0.05) is 33.1 Å². The Bertz CT molecular complexity index is 454. The van der Waals surface area contributed by atoms with Gasteiger partial charge in [-0.15, -0.1) is 0 Å². The van der Waals surface area contributed by atoms with Crippen molar-refractivity contribution < 1.29 is 9.59 Å². The van der Waals surface area contributed by atoms with Crippen molar-refractivity contribution in [2.45, 2.75) is 46.5 Å². The Kier molecular flexibility index (Phi) is 7.51. The van der Waals surface area contributed by atoms with Crippen LogP contribution in [0.3, 0.4) is 0 Å². The van der Waals surface area contributed by atoms with Gasteiger partial charge in [-0.25, -0.2) is 0 Å². The van der Waals surface area contributed by atoms with Crippen molar-refractivity contribution >= 4 is 17.5 Å². The van der Waals surface area contributed by atoms with Crippen LogP contribution >= 0.6 is 0 Å². The Balaban J connectivity index is 2.49. The number of hydrogen-bond acceptors (Lipinski definition) is 2. The van der Waals surface area contributed by atoms with Gasteiger partial charge in [-0.05, 0) is 36.6 Å². The van der Waals surface area contributed by atoms with Gasteiger partial charge in [0.05, 0.1) is 0 Å². The summed E-state index contributed by atoms with van der Waals surface area (Å²) in [5.41, 5.74) is 1.32. The van der Waals surface area contributed by atoms with Crippen LogP contribution in [0.25, 0.3) is 0 Å². The number of hydrogen-bond donors (Lipinski definition) is 2. The molecule has 4 nitrogen and oxygen atoms in total. The van der Waals surface area contributed by atoms with E-state index in [4.69, 9.17) is 0 Å². The van der Waals surface area contributed by atoms with Gasteiger partial charge in [0.2, 0.25) is 5.91 Å². The van der Waals surface area contributed by atoms with Crippen LogP contribution in [0.5, 0.6) is 0 Å². The lowest BCUT2D eigenvalue weighted by Crippen LogP contribution is -2.29. The van der Waals surface area contributed by atoms with Crippen LogP contribution in [-0.4, -0.2) is 18.4 Å². The summed E-state index contributed by atoms with van der Waals surface area (Å²) in [4.78, 5) is 23.0. The number of carbonyl (C=O) groups excluding carboxylic acids is 2. The highest BCUT2D eigenvalue weighted by atomic mass is 16.2. The van der Waals surface area contributed by atoms with Gasteiger partial charge < -0.3 is 10.6 Å². The van der Waals surface area contributed by atoms with Crippen molar-refractivity contribution in [2.24, 2.45) is 5.92 Å². The Morgan fingerprint density at radius 2 is 1.81 bits per heavy atom. The molecule has 0 spiro atoms. The van der Waals surface area contributed by atoms with E-state index in [9.17, 15) is 9.59 Å². The fourth-order valence-corrected chi connectivity index (χ4v) is 2.19. The summed E-state index contributed by atoms with van der Waals surface area (Å²) in [5.74, 6) is 0.376. The third-order valence-electron chi connectivity index (χ3n) is 3.56. The molecule has 0 heterocycles. The first kappa shape index (κ1) is 17.2. The molecule has 0 saturated carbocycles. The molecule has 0 fully saturated rings. The standard InChI is InChI=1S/C17H26N2O2/c1-4-6-7-14(5-2)12-18-17(21)15-8-10-16(11-9-15)19-13(3)20/h8-11,14H,4-7,12H2,1-3H3,(H,18,21)(H,19,20)/t14-/m0/s1. The Labute approximate surface area is 127 Å². The summed E-state index contributed by atoms with van der Waals surface area (Å²) in [6.07, 6.45) is 4.64. The smallest absolute Gasteiger partial charge is 0.251 e. The van der Waals surface area contributed by atoms with Crippen LogP contribution in [0, 0.1) is 5.92 Å². The molecule has 2 N–H and O–H groups in total. The van der Waals surface area contributed by atoms with Crippen molar-refractivity contribution in [3.8, 4) is 0 Å². The molecule has 116 valence electrons. The maximum absolute atomic E-state index is 12.1. The predicted molar refractivity (Wildman–Crippen MR) is 86.4 cm³/mol. The van der Waals surface area contributed by atoms with E-state index in [1.165, 1.54) is 19.8 Å². The number of nitrogens with one attached hydrogen (secondary N) is 2. The summed E-state index contributed by atoms with van der Waals surface area (Å²) < 4.78 is 0. The molecular weight excluding hydrogens is 264 g/mol. The first-order valence-electron chi connectivity index (χ1n) is 7.72. The van der Waals surface area contributed by atoms with Crippen LogP contribution in [0.2, 0.25) is 0 Å². The summed E-state index contributed by atoms with van der Waals surface area (Å²) in [6, 6.07) is 6.94. The molecule has 1 rings (SSSR count). The van der Waals surface area contributed by atoms with Crippen molar-refractivity contribution in [1.29, 1.82) is 0 Å². The van der Waals surface area contributed by atoms with E-state index >= 15 is 0 Å². The summed E-state index contributed by atoms with van der Waals surface area (Å²) in [7, 11) is 0. The lowest BCUT2D eigenvalue weighted by molar-refractivity contribution is -0.114.